The lowest BCUT2D eigenvalue weighted by atomic mass is 9.32. The van der Waals surface area contributed by atoms with Crippen LogP contribution in [0.5, 0.6) is 0 Å². The van der Waals surface area contributed by atoms with E-state index in [1.165, 1.54) is 70.6 Å². The normalized spacial score (nSPS) is 57.3. The van der Waals surface area contributed by atoms with Gasteiger partial charge in [0.1, 0.15) is 0 Å². The molecule has 0 aromatic rings. The summed E-state index contributed by atoms with van der Waals surface area (Å²) in [7, 11) is 0. The van der Waals surface area contributed by atoms with Gasteiger partial charge in [0.05, 0.1) is 0 Å². The molecule has 5 aliphatic carbocycles. The van der Waals surface area contributed by atoms with Crippen molar-refractivity contribution in [2.45, 2.75) is 126 Å². The Balaban J connectivity index is 1.52. The fourth-order valence-electron chi connectivity index (χ4n) is 12.1. The van der Waals surface area contributed by atoms with Crippen LogP contribution < -0.4 is 0 Å². The second kappa shape index (κ2) is 6.53. The Hall–Kier alpha value is 0. The Morgan fingerprint density at radius 3 is 1.80 bits per heavy atom. The molecule has 0 bridgehead atoms. The van der Waals surface area contributed by atoms with Gasteiger partial charge in [-0.3, -0.25) is 0 Å². The summed E-state index contributed by atoms with van der Waals surface area (Å²) in [5.74, 6) is 5.79. The largest absolute Gasteiger partial charge is 0.0625 e. The van der Waals surface area contributed by atoms with Crippen LogP contribution in [0.15, 0.2) is 0 Å². The van der Waals surface area contributed by atoms with Gasteiger partial charge in [0.15, 0.2) is 0 Å². The second-order valence-corrected chi connectivity index (χ2v) is 15.1. The Kier molecular flexibility index (Phi) is 4.75. The molecular formula is C30H52. The van der Waals surface area contributed by atoms with Crippen LogP contribution in [0.4, 0.5) is 0 Å². The van der Waals surface area contributed by atoms with Crippen LogP contribution in [0.1, 0.15) is 126 Å². The summed E-state index contributed by atoms with van der Waals surface area (Å²) in [5, 5.41) is 0. The smallest absolute Gasteiger partial charge is 0.0235 e. The van der Waals surface area contributed by atoms with Gasteiger partial charge in [-0.1, -0.05) is 61.8 Å². The minimum atomic E-state index is 0.561. The highest BCUT2D eigenvalue weighted by Crippen LogP contribution is 2.78. The molecule has 0 spiro atoms. The lowest BCUT2D eigenvalue weighted by molar-refractivity contribution is -0.241. The van der Waals surface area contributed by atoms with Crippen molar-refractivity contribution in [1.82, 2.24) is 0 Å². The van der Waals surface area contributed by atoms with Crippen molar-refractivity contribution in [3.8, 4) is 0 Å². The molecule has 172 valence electrons. The van der Waals surface area contributed by atoms with E-state index in [1.807, 2.05) is 0 Å². The zero-order chi connectivity index (χ0) is 21.7. The van der Waals surface area contributed by atoms with E-state index in [0.717, 1.165) is 35.5 Å². The standard InChI is InChI=1S/C30H52/c1-20(2)21-12-17-27(5)22(21)13-18-29(7)24(27)10-11-25-28(6)16-9-15-26(3,4)23(28)14-19-30(25,29)8/h20-25H,9-19H2,1-8H3/t21?,22-,23?,24?,25?,27-,28-,29+,30+/m0/s1. The number of hydrogen-bond acceptors (Lipinski definition) is 0. The molecule has 5 saturated carbocycles. The molecule has 0 nitrogen and oxygen atoms in total. The summed E-state index contributed by atoms with van der Waals surface area (Å²) in [4.78, 5) is 0. The first-order valence-electron chi connectivity index (χ1n) is 13.9. The number of fused-ring (bicyclic) bond motifs is 7. The maximum Gasteiger partial charge on any atom is -0.0235 e. The molecule has 0 heteroatoms. The van der Waals surface area contributed by atoms with Gasteiger partial charge >= 0.3 is 0 Å². The second-order valence-electron chi connectivity index (χ2n) is 15.1. The lowest BCUT2D eigenvalue weighted by Crippen LogP contribution is -2.65. The average Bonchev–Trinajstić information content (AvgIpc) is 2.99. The molecule has 0 heterocycles. The zero-order valence-corrected chi connectivity index (χ0v) is 21.7. The predicted molar refractivity (Wildman–Crippen MR) is 129 cm³/mol. The van der Waals surface area contributed by atoms with Crippen molar-refractivity contribution in [2.24, 2.45) is 62.6 Å². The Bertz CT molecular complexity index is 688. The fourth-order valence-corrected chi connectivity index (χ4v) is 12.1. The van der Waals surface area contributed by atoms with Crippen LogP contribution in [0, 0.1) is 62.6 Å². The van der Waals surface area contributed by atoms with Gasteiger partial charge in [-0.25, -0.2) is 0 Å². The van der Waals surface area contributed by atoms with E-state index in [9.17, 15) is 0 Å². The Morgan fingerprint density at radius 2 is 1.17 bits per heavy atom. The molecule has 4 unspecified atom stereocenters. The molecular weight excluding hydrogens is 360 g/mol. The van der Waals surface area contributed by atoms with E-state index in [2.05, 4.69) is 55.4 Å². The van der Waals surface area contributed by atoms with Crippen molar-refractivity contribution in [3.63, 3.8) is 0 Å². The molecule has 9 atom stereocenters. The van der Waals surface area contributed by atoms with E-state index in [1.54, 1.807) is 0 Å². The van der Waals surface area contributed by atoms with Crippen LogP contribution in [0.25, 0.3) is 0 Å². The van der Waals surface area contributed by atoms with Gasteiger partial charge in [0, 0.05) is 0 Å². The molecule has 5 aliphatic rings. The van der Waals surface area contributed by atoms with E-state index < -0.39 is 0 Å². The average molecular weight is 413 g/mol. The topological polar surface area (TPSA) is 0 Å². The molecule has 5 fully saturated rings. The Morgan fingerprint density at radius 1 is 0.567 bits per heavy atom. The zero-order valence-electron chi connectivity index (χ0n) is 21.7. The van der Waals surface area contributed by atoms with Gasteiger partial charge in [-0.05, 0) is 127 Å². The third-order valence-electron chi connectivity index (χ3n) is 13.6. The third-order valence-corrected chi connectivity index (χ3v) is 13.6. The third kappa shape index (κ3) is 2.52. The van der Waals surface area contributed by atoms with Crippen molar-refractivity contribution in [3.05, 3.63) is 0 Å². The van der Waals surface area contributed by atoms with E-state index in [-0.39, 0.29) is 0 Å². The highest BCUT2D eigenvalue weighted by atomic mass is 14.7. The van der Waals surface area contributed by atoms with Crippen LogP contribution >= 0.6 is 0 Å². The lowest BCUT2D eigenvalue weighted by Gasteiger charge is -2.73. The molecule has 0 amide bonds. The first-order valence-corrected chi connectivity index (χ1v) is 13.9. The number of hydrogen-bond donors (Lipinski definition) is 0. The van der Waals surface area contributed by atoms with Crippen LogP contribution in [-0.2, 0) is 0 Å². The summed E-state index contributed by atoms with van der Waals surface area (Å²) in [6, 6.07) is 0. The van der Waals surface area contributed by atoms with Crippen LogP contribution in [-0.4, -0.2) is 0 Å². The molecule has 0 N–H and O–H groups in total. The van der Waals surface area contributed by atoms with Gasteiger partial charge < -0.3 is 0 Å². The molecule has 0 saturated heterocycles. The minimum absolute atomic E-state index is 0.561. The summed E-state index contributed by atoms with van der Waals surface area (Å²) in [6.07, 6.45) is 16.6. The van der Waals surface area contributed by atoms with Crippen molar-refractivity contribution in [2.75, 3.05) is 0 Å². The fraction of sp³-hybridized carbons (Fsp3) is 1.00. The van der Waals surface area contributed by atoms with E-state index >= 15 is 0 Å². The molecule has 30 heavy (non-hydrogen) atoms. The summed E-state index contributed by atoms with van der Waals surface area (Å²) < 4.78 is 0. The molecule has 0 aromatic carbocycles. The molecule has 5 rings (SSSR count). The Labute approximate surface area is 188 Å². The summed E-state index contributed by atoms with van der Waals surface area (Å²) in [6.45, 7) is 21.4. The SMILES string of the molecule is CC(C)C1CC[C@]2(C)C3CCC4[C@@]5(C)CCCC(C)(C)C5CC[C@@]4(C)[C@]3(C)CC[C@@H]12. The van der Waals surface area contributed by atoms with Gasteiger partial charge in [0.2, 0.25) is 0 Å². The maximum absolute atomic E-state index is 2.81. The highest BCUT2D eigenvalue weighted by Gasteiger charge is 2.70. The molecule has 0 aromatic heterocycles. The van der Waals surface area contributed by atoms with Gasteiger partial charge in [-0.15, -0.1) is 0 Å². The summed E-state index contributed by atoms with van der Waals surface area (Å²) >= 11 is 0. The van der Waals surface area contributed by atoms with Crippen molar-refractivity contribution < 1.29 is 0 Å². The molecule has 0 aliphatic heterocycles. The summed E-state index contributed by atoms with van der Waals surface area (Å²) in [5.41, 5.74) is 2.92. The highest BCUT2D eigenvalue weighted by molar-refractivity contribution is 5.18. The quantitative estimate of drug-likeness (QED) is 0.402. The van der Waals surface area contributed by atoms with Crippen LogP contribution in [0.3, 0.4) is 0 Å². The first kappa shape index (κ1) is 21.8. The monoisotopic (exact) mass is 412 g/mol. The van der Waals surface area contributed by atoms with Crippen molar-refractivity contribution in [1.29, 1.82) is 0 Å². The predicted octanol–water partition coefficient (Wildman–Crippen LogP) is 9.13. The first-order chi connectivity index (χ1) is 13.9. The van der Waals surface area contributed by atoms with Crippen molar-refractivity contribution >= 4 is 0 Å². The van der Waals surface area contributed by atoms with Gasteiger partial charge in [-0.2, -0.15) is 0 Å². The van der Waals surface area contributed by atoms with Gasteiger partial charge in [0.25, 0.3) is 0 Å². The minimum Gasteiger partial charge on any atom is -0.0625 e. The van der Waals surface area contributed by atoms with Crippen LogP contribution in [0.2, 0.25) is 0 Å². The maximum atomic E-state index is 2.81. The van der Waals surface area contributed by atoms with E-state index in [4.69, 9.17) is 0 Å². The van der Waals surface area contributed by atoms with E-state index in [0.29, 0.717) is 27.1 Å². The molecule has 0 radical (unpaired) electrons. The number of rotatable bonds is 1.